The molecule has 0 saturated carbocycles. The van der Waals surface area contributed by atoms with E-state index in [9.17, 15) is 18.0 Å². The number of carbonyl (C=O) groups excluding carboxylic acids is 1. The third kappa shape index (κ3) is 4.23. The average Bonchev–Trinajstić information content (AvgIpc) is 3.33. The summed E-state index contributed by atoms with van der Waals surface area (Å²) in [5.41, 5.74) is 0.545. The first-order chi connectivity index (χ1) is 15.2. The Kier molecular flexibility index (Phi) is 5.73. The minimum Gasteiger partial charge on any atom is -0.471 e. The number of nitrogens with zero attached hydrogens (tertiary/aromatic N) is 7. The molecule has 1 aliphatic rings. The summed E-state index contributed by atoms with van der Waals surface area (Å²) in [5.74, 6) is 1.05. The zero-order valence-electron chi connectivity index (χ0n) is 17.8. The van der Waals surface area contributed by atoms with Gasteiger partial charge in [0.2, 0.25) is 11.7 Å². The van der Waals surface area contributed by atoms with Crippen molar-refractivity contribution in [1.82, 2.24) is 39.6 Å². The fraction of sp³-hybridized carbons (Fsp3) is 0.579. The van der Waals surface area contributed by atoms with Crippen molar-refractivity contribution in [3.05, 3.63) is 23.8 Å². The number of aryl methyl sites for hydroxylation is 2. The predicted molar refractivity (Wildman–Crippen MR) is 106 cm³/mol. The van der Waals surface area contributed by atoms with Crippen LogP contribution in [0.1, 0.15) is 55.4 Å². The number of ether oxygens (including phenoxy) is 1. The average molecular weight is 452 g/mol. The number of halogens is 3. The second-order valence-electron chi connectivity index (χ2n) is 7.85. The summed E-state index contributed by atoms with van der Waals surface area (Å²) in [6.07, 6.45) is -2.09. The normalized spacial score (nSPS) is 16.4. The number of rotatable bonds is 6. The lowest BCUT2D eigenvalue weighted by molar-refractivity contribution is -0.123. The van der Waals surface area contributed by atoms with Crippen LogP contribution >= 0.6 is 0 Å². The largest absolute Gasteiger partial charge is 0.471 e. The summed E-state index contributed by atoms with van der Waals surface area (Å²) >= 11 is 0. The topological polar surface area (TPSA) is 113 Å². The lowest BCUT2D eigenvalue weighted by atomic mass is 10.1. The predicted octanol–water partition coefficient (Wildman–Crippen LogP) is 2.25. The van der Waals surface area contributed by atoms with Crippen molar-refractivity contribution in [2.24, 2.45) is 0 Å². The first kappa shape index (κ1) is 22.0. The van der Waals surface area contributed by atoms with E-state index in [4.69, 9.17) is 4.74 Å². The molecule has 172 valence electrons. The van der Waals surface area contributed by atoms with E-state index in [2.05, 4.69) is 25.1 Å². The van der Waals surface area contributed by atoms with Crippen LogP contribution in [0.3, 0.4) is 0 Å². The molecule has 0 aromatic carbocycles. The Bertz CT molecular complexity index is 1140. The van der Waals surface area contributed by atoms with Gasteiger partial charge in [0.25, 0.3) is 5.91 Å². The summed E-state index contributed by atoms with van der Waals surface area (Å²) in [6.45, 7) is 5.19. The molecule has 0 radical (unpaired) electrons. The molecule has 1 aliphatic heterocycles. The van der Waals surface area contributed by atoms with E-state index in [-0.39, 0.29) is 35.8 Å². The number of hydrogen-bond acceptors (Lipinski definition) is 7. The molecule has 1 amide bonds. The van der Waals surface area contributed by atoms with Gasteiger partial charge in [-0.1, -0.05) is 13.8 Å². The van der Waals surface area contributed by atoms with Crippen LogP contribution in [0.2, 0.25) is 0 Å². The molecule has 3 aromatic heterocycles. The van der Waals surface area contributed by atoms with Crippen molar-refractivity contribution in [2.75, 3.05) is 6.54 Å². The lowest BCUT2D eigenvalue weighted by Crippen LogP contribution is -2.35. The molecule has 4 rings (SSSR count). The van der Waals surface area contributed by atoms with Gasteiger partial charge >= 0.3 is 6.18 Å². The fourth-order valence-corrected chi connectivity index (χ4v) is 3.73. The van der Waals surface area contributed by atoms with Gasteiger partial charge in [-0.2, -0.15) is 18.2 Å². The summed E-state index contributed by atoms with van der Waals surface area (Å²) in [6, 6.07) is 0. The van der Waals surface area contributed by atoms with Gasteiger partial charge in [-0.25, -0.2) is 9.97 Å². The van der Waals surface area contributed by atoms with Crippen molar-refractivity contribution in [1.29, 1.82) is 0 Å². The number of hydrogen-bond donors (Lipinski definition) is 1. The van der Waals surface area contributed by atoms with Crippen molar-refractivity contribution < 1.29 is 22.7 Å². The van der Waals surface area contributed by atoms with Crippen molar-refractivity contribution in [2.45, 2.75) is 64.9 Å². The van der Waals surface area contributed by atoms with E-state index < -0.39 is 18.6 Å². The van der Waals surface area contributed by atoms with Gasteiger partial charge in [0.1, 0.15) is 30.6 Å². The minimum absolute atomic E-state index is 0.177. The molecule has 10 nitrogen and oxygen atoms in total. The monoisotopic (exact) mass is 452 g/mol. The molecule has 0 spiro atoms. The number of amides is 1. The van der Waals surface area contributed by atoms with Gasteiger partial charge in [-0.05, 0) is 13.3 Å². The fourth-order valence-electron chi connectivity index (χ4n) is 3.73. The molecule has 4 heterocycles. The molecule has 0 aliphatic carbocycles. The van der Waals surface area contributed by atoms with E-state index in [0.717, 1.165) is 11.6 Å². The van der Waals surface area contributed by atoms with Crippen LogP contribution in [0.25, 0.3) is 11.2 Å². The standard InChI is InChI=1S/C19H23F3N8O2/c1-4-29-15-13(26-16(29)17(31)23-8-19(20,21)22)18(25-9-24-15)32-11-5-6-12-27-28-14(10(2)3)30(12)7-11/h9-11H,4-8H2,1-3H3,(H,23,31). The maximum absolute atomic E-state index is 12.5. The molecule has 13 heteroatoms. The highest BCUT2D eigenvalue weighted by Crippen LogP contribution is 2.27. The Balaban J connectivity index is 1.61. The van der Waals surface area contributed by atoms with Crippen LogP contribution in [0.5, 0.6) is 5.88 Å². The number of carbonyl (C=O) groups is 1. The van der Waals surface area contributed by atoms with Gasteiger partial charge in [0, 0.05) is 18.9 Å². The molecule has 0 fully saturated rings. The highest BCUT2D eigenvalue weighted by Gasteiger charge is 2.30. The summed E-state index contributed by atoms with van der Waals surface area (Å²) in [7, 11) is 0. The maximum atomic E-state index is 12.5. The van der Waals surface area contributed by atoms with Crippen LogP contribution in [-0.2, 0) is 19.5 Å². The van der Waals surface area contributed by atoms with Crippen molar-refractivity contribution in [3.63, 3.8) is 0 Å². The third-order valence-electron chi connectivity index (χ3n) is 5.19. The summed E-state index contributed by atoms with van der Waals surface area (Å²) in [4.78, 5) is 24.9. The van der Waals surface area contributed by atoms with Crippen LogP contribution < -0.4 is 10.1 Å². The zero-order valence-corrected chi connectivity index (χ0v) is 17.8. The van der Waals surface area contributed by atoms with Gasteiger partial charge in [0.15, 0.2) is 11.2 Å². The van der Waals surface area contributed by atoms with Crippen LogP contribution in [0, 0.1) is 0 Å². The van der Waals surface area contributed by atoms with Gasteiger partial charge in [0.05, 0.1) is 6.54 Å². The van der Waals surface area contributed by atoms with Gasteiger partial charge in [-0.3, -0.25) is 4.79 Å². The first-order valence-electron chi connectivity index (χ1n) is 10.3. The van der Waals surface area contributed by atoms with E-state index in [0.29, 0.717) is 25.0 Å². The highest BCUT2D eigenvalue weighted by molar-refractivity contribution is 5.95. The Morgan fingerprint density at radius 2 is 2.09 bits per heavy atom. The molecule has 0 bridgehead atoms. The number of imidazole rings is 1. The molecule has 3 aromatic rings. The smallest absolute Gasteiger partial charge is 0.405 e. The summed E-state index contributed by atoms with van der Waals surface area (Å²) < 4.78 is 47.1. The minimum atomic E-state index is -4.52. The molecule has 0 saturated heterocycles. The van der Waals surface area contributed by atoms with Gasteiger partial charge in [-0.15, -0.1) is 10.2 Å². The molecule has 1 N–H and O–H groups in total. The van der Waals surface area contributed by atoms with Crippen molar-refractivity contribution >= 4 is 17.1 Å². The van der Waals surface area contributed by atoms with E-state index in [1.165, 1.54) is 10.9 Å². The highest BCUT2D eigenvalue weighted by atomic mass is 19.4. The molecular weight excluding hydrogens is 429 g/mol. The zero-order chi connectivity index (χ0) is 23.0. The molecule has 1 atom stereocenters. The van der Waals surface area contributed by atoms with Crippen molar-refractivity contribution in [3.8, 4) is 5.88 Å². The Morgan fingerprint density at radius 3 is 2.78 bits per heavy atom. The number of aromatic nitrogens is 7. The second-order valence-corrected chi connectivity index (χ2v) is 7.85. The van der Waals surface area contributed by atoms with Crippen LogP contribution in [0.4, 0.5) is 13.2 Å². The quantitative estimate of drug-likeness (QED) is 0.610. The Morgan fingerprint density at radius 1 is 1.31 bits per heavy atom. The van der Waals surface area contributed by atoms with E-state index in [1.54, 1.807) is 6.92 Å². The SMILES string of the molecule is CCn1c(C(=O)NCC(F)(F)F)nc2c(OC3CCc4nnc(C(C)C)n4C3)ncnc21. The molecule has 1 unspecified atom stereocenters. The lowest BCUT2D eigenvalue weighted by Gasteiger charge is -2.25. The number of nitrogens with one attached hydrogen (secondary N) is 1. The number of alkyl halides is 3. The van der Waals surface area contributed by atoms with Gasteiger partial charge < -0.3 is 19.2 Å². The Hall–Kier alpha value is -3.25. The van der Waals surface area contributed by atoms with E-state index >= 15 is 0 Å². The molecule has 32 heavy (non-hydrogen) atoms. The second kappa shape index (κ2) is 8.36. The van der Waals surface area contributed by atoms with Crippen LogP contribution in [-0.4, -0.2) is 59.0 Å². The maximum Gasteiger partial charge on any atom is 0.405 e. The van der Waals surface area contributed by atoms with Crippen LogP contribution in [0.15, 0.2) is 6.33 Å². The molecular formula is C19H23F3N8O2. The van der Waals surface area contributed by atoms with E-state index in [1.807, 2.05) is 23.7 Å². The summed E-state index contributed by atoms with van der Waals surface area (Å²) in [5, 5.41) is 10.3. The third-order valence-corrected chi connectivity index (χ3v) is 5.19. The number of fused-ring (bicyclic) bond motifs is 2. The first-order valence-corrected chi connectivity index (χ1v) is 10.3. The Labute approximate surface area is 181 Å².